The summed E-state index contributed by atoms with van der Waals surface area (Å²) in [7, 11) is 0.544. The average molecular weight is 413 g/mol. The van der Waals surface area contributed by atoms with E-state index in [4.69, 9.17) is 9.47 Å². The molecule has 0 amide bonds. The molecule has 8 heteroatoms. The van der Waals surface area contributed by atoms with Crippen LogP contribution < -0.4 is 10.3 Å². The van der Waals surface area contributed by atoms with Crippen molar-refractivity contribution in [2.24, 2.45) is 7.05 Å². The summed E-state index contributed by atoms with van der Waals surface area (Å²) in [5, 5.41) is 8.44. The van der Waals surface area contributed by atoms with Crippen molar-refractivity contribution in [3.63, 3.8) is 0 Å². The third kappa shape index (κ3) is 6.13. The van der Waals surface area contributed by atoms with E-state index in [1.165, 1.54) is 4.57 Å². The summed E-state index contributed by atoms with van der Waals surface area (Å²) in [6.45, 7) is 8.21. The molecule has 154 valence electrons. The number of rotatable bonds is 9. The standard InChI is InChI=1S/C21H28N4O3Si/c1-24-14-18(12-20(21(24)26)28-16-27-10-11-29(2,3)4)19-15-25(23-22-19)13-17-8-6-5-7-9-17/h5-9,12,14-15H,10-11,13,16H2,1-4H3. The number of hydrogen-bond donors (Lipinski definition) is 0. The lowest BCUT2D eigenvalue weighted by molar-refractivity contribution is 0.0209. The van der Waals surface area contributed by atoms with Gasteiger partial charge in [0, 0.05) is 33.5 Å². The first-order valence-corrected chi connectivity index (χ1v) is 13.4. The molecule has 29 heavy (non-hydrogen) atoms. The predicted molar refractivity (Wildman–Crippen MR) is 116 cm³/mol. The van der Waals surface area contributed by atoms with Crippen LogP contribution in [0.5, 0.6) is 5.75 Å². The molecule has 3 aromatic rings. The Balaban J connectivity index is 1.68. The van der Waals surface area contributed by atoms with Crippen LogP contribution in [0.1, 0.15) is 5.56 Å². The molecule has 0 saturated heterocycles. The Kier molecular flexibility index (Phi) is 6.66. The molecule has 0 atom stereocenters. The fourth-order valence-corrected chi connectivity index (χ4v) is 3.50. The van der Waals surface area contributed by atoms with Crippen molar-refractivity contribution in [3.8, 4) is 17.0 Å². The van der Waals surface area contributed by atoms with Gasteiger partial charge in [-0.05, 0) is 17.7 Å². The van der Waals surface area contributed by atoms with Gasteiger partial charge in [-0.25, -0.2) is 4.68 Å². The minimum atomic E-state index is -1.15. The fourth-order valence-electron chi connectivity index (χ4n) is 2.75. The highest BCUT2D eigenvalue weighted by atomic mass is 28.3. The fraction of sp³-hybridized carbons (Fsp3) is 0.381. The number of hydrogen-bond acceptors (Lipinski definition) is 5. The molecule has 0 spiro atoms. The zero-order valence-corrected chi connectivity index (χ0v) is 18.5. The molecule has 2 heterocycles. The van der Waals surface area contributed by atoms with E-state index in [1.807, 2.05) is 36.5 Å². The molecule has 0 aliphatic heterocycles. The van der Waals surface area contributed by atoms with Crippen LogP contribution in [-0.4, -0.2) is 41.0 Å². The van der Waals surface area contributed by atoms with E-state index in [2.05, 4.69) is 30.0 Å². The molecule has 0 bridgehead atoms. The first-order valence-electron chi connectivity index (χ1n) is 9.67. The van der Waals surface area contributed by atoms with E-state index in [0.29, 0.717) is 18.8 Å². The molecular formula is C21H28N4O3Si. The highest BCUT2D eigenvalue weighted by Gasteiger charge is 2.13. The first kappa shape index (κ1) is 21.0. The zero-order chi connectivity index (χ0) is 20.9. The smallest absolute Gasteiger partial charge is 0.292 e. The third-order valence-electron chi connectivity index (χ3n) is 4.47. The van der Waals surface area contributed by atoms with E-state index in [9.17, 15) is 4.79 Å². The van der Waals surface area contributed by atoms with Crippen LogP contribution >= 0.6 is 0 Å². The number of aryl methyl sites for hydroxylation is 1. The van der Waals surface area contributed by atoms with Crippen molar-refractivity contribution in [1.82, 2.24) is 19.6 Å². The second kappa shape index (κ2) is 9.19. The molecule has 0 saturated carbocycles. The summed E-state index contributed by atoms with van der Waals surface area (Å²) in [5.41, 5.74) is 2.38. The second-order valence-corrected chi connectivity index (χ2v) is 13.9. The van der Waals surface area contributed by atoms with Crippen molar-refractivity contribution in [2.75, 3.05) is 13.4 Å². The molecule has 0 radical (unpaired) electrons. The highest BCUT2D eigenvalue weighted by Crippen LogP contribution is 2.19. The van der Waals surface area contributed by atoms with Crippen LogP contribution in [0.15, 0.2) is 53.6 Å². The molecular weight excluding hydrogens is 384 g/mol. The Hall–Kier alpha value is -2.71. The largest absolute Gasteiger partial charge is 0.462 e. The predicted octanol–water partition coefficient (Wildman–Crippen LogP) is 3.38. The summed E-state index contributed by atoms with van der Waals surface area (Å²) < 4.78 is 14.4. The maximum Gasteiger partial charge on any atom is 0.292 e. The normalized spacial score (nSPS) is 11.6. The summed E-state index contributed by atoms with van der Waals surface area (Å²) >= 11 is 0. The van der Waals surface area contributed by atoms with Crippen LogP contribution in [0.25, 0.3) is 11.3 Å². The molecule has 2 aromatic heterocycles. The van der Waals surface area contributed by atoms with Crippen molar-refractivity contribution in [1.29, 1.82) is 0 Å². The number of benzene rings is 1. The number of ether oxygens (including phenoxy) is 2. The summed E-state index contributed by atoms with van der Waals surface area (Å²) in [4.78, 5) is 12.4. The van der Waals surface area contributed by atoms with E-state index in [1.54, 1.807) is 24.0 Å². The van der Waals surface area contributed by atoms with Crippen LogP contribution in [-0.2, 0) is 18.3 Å². The monoisotopic (exact) mass is 412 g/mol. The quantitative estimate of drug-likeness (QED) is 0.306. The van der Waals surface area contributed by atoms with Gasteiger partial charge in [0.2, 0.25) is 0 Å². The minimum Gasteiger partial charge on any atom is -0.462 e. The molecule has 0 fully saturated rings. The highest BCUT2D eigenvalue weighted by molar-refractivity contribution is 6.76. The molecule has 1 aromatic carbocycles. The van der Waals surface area contributed by atoms with Crippen molar-refractivity contribution >= 4 is 8.07 Å². The van der Waals surface area contributed by atoms with Crippen LogP contribution in [0.3, 0.4) is 0 Å². The van der Waals surface area contributed by atoms with Gasteiger partial charge in [-0.1, -0.05) is 55.2 Å². The molecule has 0 aliphatic carbocycles. The first-order chi connectivity index (χ1) is 13.8. The lowest BCUT2D eigenvalue weighted by Crippen LogP contribution is -2.23. The summed E-state index contributed by atoms with van der Waals surface area (Å²) in [6, 6.07) is 12.8. The topological polar surface area (TPSA) is 71.2 Å². The lowest BCUT2D eigenvalue weighted by atomic mass is 10.2. The SMILES string of the molecule is Cn1cc(-c2cn(Cc3ccccc3)nn2)cc(OCOCC[Si](C)(C)C)c1=O. The van der Waals surface area contributed by atoms with Gasteiger partial charge >= 0.3 is 0 Å². The number of aromatic nitrogens is 4. The summed E-state index contributed by atoms with van der Waals surface area (Å²) in [6.07, 6.45) is 3.60. The van der Waals surface area contributed by atoms with E-state index in [-0.39, 0.29) is 18.1 Å². The molecule has 0 unspecified atom stereocenters. The lowest BCUT2D eigenvalue weighted by Gasteiger charge is -2.15. The van der Waals surface area contributed by atoms with Crippen molar-refractivity contribution in [2.45, 2.75) is 32.2 Å². The molecule has 3 rings (SSSR count). The van der Waals surface area contributed by atoms with E-state index < -0.39 is 8.07 Å². The number of nitrogens with zero attached hydrogens (tertiary/aromatic N) is 4. The van der Waals surface area contributed by atoms with Gasteiger partial charge in [-0.15, -0.1) is 5.10 Å². The molecule has 0 aliphatic rings. The maximum atomic E-state index is 12.4. The van der Waals surface area contributed by atoms with Gasteiger partial charge in [0.1, 0.15) is 5.69 Å². The Morgan fingerprint density at radius 3 is 2.59 bits per heavy atom. The molecule has 7 nitrogen and oxygen atoms in total. The van der Waals surface area contributed by atoms with E-state index in [0.717, 1.165) is 17.2 Å². The van der Waals surface area contributed by atoms with Gasteiger partial charge in [-0.3, -0.25) is 4.79 Å². The molecule has 0 N–H and O–H groups in total. The Bertz CT molecular complexity index is 993. The van der Waals surface area contributed by atoms with Gasteiger partial charge in [0.15, 0.2) is 12.5 Å². The summed E-state index contributed by atoms with van der Waals surface area (Å²) in [5.74, 6) is 0.246. The van der Waals surface area contributed by atoms with Gasteiger partial charge < -0.3 is 14.0 Å². The van der Waals surface area contributed by atoms with Crippen molar-refractivity contribution < 1.29 is 9.47 Å². The third-order valence-corrected chi connectivity index (χ3v) is 6.17. The van der Waals surface area contributed by atoms with Crippen LogP contribution in [0, 0.1) is 0 Å². The van der Waals surface area contributed by atoms with Gasteiger partial charge in [0.25, 0.3) is 5.56 Å². The Morgan fingerprint density at radius 2 is 1.86 bits per heavy atom. The van der Waals surface area contributed by atoms with Gasteiger partial charge in [-0.2, -0.15) is 0 Å². The van der Waals surface area contributed by atoms with Crippen LogP contribution in [0.2, 0.25) is 25.7 Å². The van der Waals surface area contributed by atoms with Crippen LogP contribution in [0.4, 0.5) is 0 Å². The minimum absolute atomic E-state index is 0.0594. The second-order valence-electron chi connectivity index (χ2n) is 8.28. The van der Waals surface area contributed by atoms with Gasteiger partial charge in [0.05, 0.1) is 12.7 Å². The zero-order valence-electron chi connectivity index (χ0n) is 17.5. The maximum absolute atomic E-state index is 12.4. The van der Waals surface area contributed by atoms with Crippen molar-refractivity contribution in [3.05, 3.63) is 64.7 Å². The Morgan fingerprint density at radius 1 is 1.10 bits per heavy atom. The Labute approximate surface area is 171 Å². The average Bonchev–Trinajstić information content (AvgIpc) is 3.13. The number of pyridine rings is 1. The van der Waals surface area contributed by atoms with E-state index >= 15 is 0 Å².